The molecule has 154 valence electrons. The Labute approximate surface area is 186 Å². The van der Waals surface area contributed by atoms with Crippen molar-refractivity contribution in [1.29, 1.82) is 0 Å². The quantitative estimate of drug-likeness (QED) is 0.348. The molecule has 0 amide bonds. The van der Waals surface area contributed by atoms with Crippen LogP contribution in [0.25, 0.3) is 0 Å². The van der Waals surface area contributed by atoms with E-state index in [0.29, 0.717) is 0 Å². The van der Waals surface area contributed by atoms with E-state index in [0.717, 1.165) is 51.9 Å². The minimum atomic E-state index is -2.99. The second-order valence-corrected chi connectivity index (χ2v) is 20.0. The summed E-state index contributed by atoms with van der Waals surface area (Å²) >= 11 is 26.2. The molecule has 0 aromatic rings. The van der Waals surface area contributed by atoms with Crippen LogP contribution in [0.4, 0.5) is 0 Å². The molecule has 0 atom stereocenters. The fourth-order valence-corrected chi connectivity index (χ4v) is 20.3. The summed E-state index contributed by atoms with van der Waals surface area (Å²) in [4.78, 5) is 0. The fourth-order valence-electron chi connectivity index (χ4n) is 3.77. The third-order valence-corrected chi connectivity index (χ3v) is 17.4. The molecule has 2 aliphatic heterocycles. The van der Waals surface area contributed by atoms with Crippen molar-refractivity contribution in [3.05, 3.63) is 47.6 Å². The van der Waals surface area contributed by atoms with Crippen molar-refractivity contribution in [2.75, 3.05) is 26.2 Å². The van der Waals surface area contributed by atoms with Crippen molar-refractivity contribution in [2.24, 2.45) is 13.5 Å². The molecular weight excluding hydrogens is 497 g/mol. The van der Waals surface area contributed by atoms with E-state index in [1.165, 1.54) is 11.1 Å². The van der Waals surface area contributed by atoms with Gasteiger partial charge in [0.05, 0.1) is 0 Å². The first-order valence-corrected chi connectivity index (χ1v) is 17.8. The van der Waals surface area contributed by atoms with Crippen molar-refractivity contribution in [3.63, 3.8) is 0 Å². The predicted octanol–water partition coefficient (Wildman–Crippen LogP) is 8.96. The van der Waals surface area contributed by atoms with Crippen molar-refractivity contribution in [2.45, 2.75) is 25.7 Å². The number of hydrogen-bond donors (Lipinski definition) is 0. The van der Waals surface area contributed by atoms with Crippen LogP contribution in [0.2, 0.25) is 0 Å². The Bertz CT molecular complexity index is 886. The van der Waals surface area contributed by atoms with Crippen molar-refractivity contribution in [3.8, 4) is 0 Å². The van der Waals surface area contributed by atoms with Crippen LogP contribution in [0.15, 0.2) is 61.1 Å². The van der Waals surface area contributed by atoms with Crippen LogP contribution >= 0.6 is 64.3 Å². The lowest BCUT2D eigenvalue weighted by Gasteiger charge is -2.41. The average molecular weight is 519 g/mol. The maximum atomic E-state index is 6.56. The molecule has 5 nitrogen and oxygen atoms in total. The van der Waals surface area contributed by atoms with Crippen molar-refractivity contribution >= 4 is 64.3 Å². The fraction of sp³-hybridized carbons (Fsp3) is 0.500. The lowest BCUT2D eigenvalue weighted by Crippen LogP contribution is -2.32. The number of hydrogen-bond acceptors (Lipinski definition) is 5. The summed E-state index contributed by atoms with van der Waals surface area (Å²) in [6, 6.07) is 0. The van der Waals surface area contributed by atoms with Crippen LogP contribution in [0, 0.1) is 0 Å². The zero-order valence-corrected chi connectivity index (χ0v) is 20.9. The van der Waals surface area contributed by atoms with Crippen molar-refractivity contribution < 1.29 is 0 Å². The van der Waals surface area contributed by atoms with E-state index < -0.39 is 19.3 Å². The highest BCUT2D eigenvalue weighted by atomic mass is 35.9. The first kappa shape index (κ1) is 21.9. The van der Waals surface area contributed by atoms with Gasteiger partial charge >= 0.3 is 0 Å². The third-order valence-electron chi connectivity index (χ3n) is 4.98. The van der Waals surface area contributed by atoms with Gasteiger partial charge in [0.25, 0.3) is 11.8 Å². The van der Waals surface area contributed by atoms with Crippen LogP contribution in [0.3, 0.4) is 0 Å². The van der Waals surface area contributed by atoms with Crippen molar-refractivity contribution in [1.82, 2.24) is 9.34 Å². The number of allylic oxidation sites excluding steroid dienone is 6. The van der Waals surface area contributed by atoms with Gasteiger partial charge < -0.3 is 0 Å². The Morgan fingerprint density at radius 2 is 1.25 bits per heavy atom. The summed E-state index contributed by atoms with van der Waals surface area (Å²) in [5, 5.41) is 0. The summed E-state index contributed by atoms with van der Waals surface area (Å²) in [5.41, 5.74) is 2.66. The van der Waals surface area contributed by atoms with Gasteiger partial charge in [0.15, 0.2) is 0 Å². The Balaban J connectivity index is 1.82. The maximum absolute atomic E-state index is 6.56. The molecule has 4 rings (SSSR count). The Morgan fingerprint density at radius 3 is 1.68 bits per heavy atom. The summed E-state index contributed by atoms with van der Waals surface area (Å²) in [6.07, 6.45) is 16.8. The van der Waals surface area contributed by atoms with Gasteiger partial charge in [-0.05, 0) is 70.6 Å². The molecular formula is C16H22Cl4N5P3. The summed E-state index contributed by atoms with van der Waals surface area (Å²) in [6.45, 7) is 3.27. The van der Waals surface area contributed by atoms with Crippen LogP contribution in [0.5, 0.6) is 0 Å². The van der Waals surface area contributed by atoms with Gasteiger partial charge in [0, 0.05) is 26.2 Å². The van der Waals surface area contributed by atoms with Gasteiger partial charge in [0.1, 0.15) is 0 Å². The monoisotopic (exact) mass is 517 g/mol. The van der Waals surface area contributed by atoms with Crippen LogP contribution in [-0.2, 0) is 0 Å². The normalized spacial score (nSPS) is 28.3. The minimum absolute atomic E-state index is 0.767. The first-order valence-electron chi connectivity index (χ1n) is 9.18. The van der Waals surface area contributed by atoms with Crippen LogP contribution in [-0.4, -0.2) is 35.5 Å². The summed E-state index contributed by atoms with van der Waals surface area (Å²) in [5.74, 6) is -5.99. The second-order valence-electron chi connectivity index (χ2n) is 7.11. The number of rotatable bonds is 4. The predicted molar refractivity (Wildman–Crippen MR) is 128 cm³/mol. The molecule has 12 heteroatoms. The zero-order chi connectivity index (χ0) is 19.8. The molecule has 1 saturated heterocycles. The molecule has 0 N–H and O–H groups in total. The second kappa shape index (κ2) is 8.70. The Hall–Kier alpha value is 0.730. The molecule has 4 aliphatic rings. The van der Waals surface area contributed by atoms with E-state index in [1.807, 2.05) is 0 Å². The zero-order valence-electron chi connectivity index (χ0n) is 15.2. The largest absolute Gasteiger partial charge is 0.257 e. The molecule has 0 saturated carbocycles. The molecule has 0 unspecified atom stereocenters. The third kappa shape index (κ3) is 4.96. The standard InChI is InChI=1S/C16H22Cl4N5P3/c17-26(18)21-27(19,20)23-28(22-26)24(13-15-7-1-2-8-15)11-5-6-12-25(28)14-16-9-3-4-10-16/h1-4,7,9H,5-6,8,10-14H2. The minimum Gasteiger partial charge on any atom is -0.236 e. The molecule has 0 bridgehead atoms. The molecule has 2 heterocycles. The number of nitrogens with zero attached hydrogens (tertiary/aromatic N) is 5. The van der Waals surface area contributed by atoms with E-state index in [1.54, 1.807) is 0 Å². The van der Waals surface area contributed by atoms with Gasteiger partial charge in [-0.15, -0.1) is 0 Å². The highest BCUT2D eigenvalue weighted by molar-refractivity contribution is 8.20. The Kier molecular flexibility index (Phi) is 6.82. The SMILES string of the molecule is ClP1(Cl)=NP(Cl)(Cl)=NP2(=N1)N(CC1=CC=CC1)CCCCN2CC1=CC=CC1. The molecule has 28 heavy (non-hydrogen) atoms. The maximum Gasteiger partial charge on any atom is 0.257 e. The average Bonchev–Trinajstić information content (AvgIpc) is 3.24. The van der Waals surface area contributed by atoms with E-state index in [4.69, 9.17) is 54.0 Å². The summed E-state index contributed by atoms with van der Waals surface area (Å²) < 4.78 is 18.8. The van der Waals surface area contributed by atoms with Gasteiger partial charge in [-0.2, -0.15) is 13.5 Å². The highest BCUT2D eigenvalue weighted by Gasteiger charge is 2.43. The molecule has 0 aromatic heterocycles. The van der Waals surface area contributed by atoms with Gasteiger partial charge in [0.2, 0.25) is 7.51 Å². The van der Waals surface area contributed by atoms with Gasteiger partial charge in [-0.1, -0.05) is 47.6 Å². The van der Waals surface area contributed by atoms with Crippen LogP contribution in [0.1, 0.15) is 25.7 Å². The molecule has 0 radical (unpaired) electrons. The van der Waals surface area contributed by atoms with E-state index >= 15 is 0 Å². The molecule has 0 aromatic carbocycles. The summed E-state index contributed by atoms with van der Waals surface area (Å²) in [7, 11) is -2.64. The van der Waals surface area contributed by atoms with E-state index in [-0.39, 0.29) is 0 Å². The first-order chi connectivity index (χ1) is 13.3. The number of halogens is 4. The topological polar surface area (TPSA) is 43.6 Å². The Morgan fingerprint density at radius 1 is 0.750 bits per heavy atom. The molecule has 1 spiro atoms. The lowest BCUT2D eigenvalue weighted by atomic mass is 10.2. The molecule has 2 aliphatic carbocycles. The van der Waals surface area contributed by atoms with Gasteiger partial charge in [-0.3, -0.25) is 0 Å². The van der Waals surface area contributed by atoms with E-state index in [9.17, 15) is 0 Å². The highest BCUT2D eigenvalue weighted by Crippen LogP contribution is 2.86. The van der Waals surface area contributed by atoms with E-state index in [2.05, 4.69) is 50.3 Å². The molecule has 1 fully saturated rings. The smallest absolute Gasteiger partial charge is 0.236 e. The van der Waals surface area contributed by atoms with Crippen LogP contribution < -0.4 is 0 Å². The van der Waals surface area contributed by atoms with Gasteiger partial charge in [-0.25, -0.2) is 9.34 Å². The lowest BCUT2D eigenvalue weighted by molar-refractivity contribution is 0.448.